The Hall–Kier alpha value is 0.230. The summed E-state index contributed by atoms with van der Waals surface area (Å²) >= 11 is 0. The standard InChI is InChI=1S/C5H14O5P/c1-3-9-5(10-4-2)11(6,7)8/h5-8H,3-4H2,1-2H3/q+1. The molecule has 0 aromatic carbocycles. The van der Waals surface area contributed by atoms with Crippen LogP contribution in [-0.2, 0) is 9.47 Å². The van der Waals surface area contributed by atoms with Crippen molar-refractivity contribution in [2.24, 2.45) is 0 Å². The maximum absolute atomic E-state index is 8.71. The van der Waals surface area contributed by atoms with Crippen molar-refractivity contribution in [3.8, 4) is 0 Å². The number of hydrogen-bond donors (Lipinski definition) is 3. The molecule has 0 aliphatic heterocycles. The molecule has 6 heteroatoms. The van der Waals surface area contributed by atoms with Crippen molar-refractivity contribution in [1.82, 2.24) is 0 Å². The van der Waals surface area contributed by atoms with Gasteiger partial charge in [-0.3, -0.25) is 0 Å². The Labute approximate surface area is 66.2 Å². The third-order valence-corrected chi connectivity index (χ3v) is 1.77. The van der Waals surface area contributed by atoms with Gasteiger partial charge in [-0.05, 0) is 13.8 Å². The van der Waals surface area contributed by atoms with Crippen molar-refractivity contribution in [3.05, 3.63) is 0 Å². The zero-order valence-corrected chi connectivity index (χ0v) is 7.49. The summed E-state index contributed by atoms with van der Waals surface area (Å²) in [5, 5.41) is 0. The molecule has 68 valence electrons. The van der Waals surface area contributed by atoms with Crippen molar-refractivity contribution in [1.29, 1.82) is 0 Å². The van der Waals surface area contributed by atoms with E-state index in [1.165, 1.54) is 0 Å². The second-order valence-electron chi connectivity index (χ2n) is 1.83. The molecule has 0 heterocycles. The molecular formula is C5H14O5P+. The molecule has 0 unspecified atom stereocenters. The minimum Gasteiger partial charge on any atom is -0.315 e. The molecule has 0 aliphatic rings. The van der Waals surface area contributed by atoms with E-state index in [0.717, 1.165) is 0 Å². The lowest BCUT2D eigenvalue weighted by molar-refractivity contribution is -0.0989. The molecule has 0 saturated heterocycles. The fourth-order valence-electron chi connectivity index (χ4n) is 0.533. The minimum atomic E-state index is -4.00. The van der Waals surface area contributed by atoms with Gasteiger partial charge in [-0.25, -0.2) is 0 Å². The predicted octanol–water partition coefficient (Wildman–Crippen LogP) is 0.0825. The van der Waals surface area contributed by atoms with Gasteiger partial charge in [0.15, 0.2) is 0 Å². The lowest BCUT2D eigenvalue weighted by Gasteiger charge is -2.15. The molecule has 0 bridgehead atoms. The SMILES string of the molecule is CCOC(OCC)[P+](O)(O)O. The Kier molecular flexibility index (Phi) is 5.08. The second kappa shape index (κ2) is 4.98. The first-order valence-corrected chi connectivity index (χ1v) is 5.04. The predicted molar refractivity (Wildman–Crippen MR) is 40.6 cm³/mol. The normalized spacial score (nSPS) is 12.5. The van der Waals surface area contributed by atoms with Crippen LogP contribution >= 0.6 is 7.94 Å². The van der Waals surface area contributed by atoms with Gasteiger partial charge in [-0.1, -0.05) is 0 Å². The van der Waals surface area contributed by atoms with E-state index in [9.17, 15) is 0 Å². The highest BCUT2D eigenvalue weighted by Gasteiger charge is 2.45. The minimum absolute atomic E-state index is 0.258. The van der Waals surface area contributed by atoms with Crippen molar-refractivity contribution in [2.45, 2.75) is 19.9 Å². The highest BCUT2D eigenvalue weighted by molar-refractivity contribution is 7.58. The Morgan fingerprint density at radius 2 is 1.45 bits per heavy atom. The van der Waals surface area contributed by atoms with Crippen LogP contribution in [0.15, 0.2) is 0 Å². The molecule has 0 aromatic rings. The maximum atomic E-state index is 8.71. The van der Waals surface area contributed by atoms with Crippen LogP contribution in [0.1, 0.15) is 13.8 Å². The molecule has 0 fully saturated rings. The molecule has 0 radical (unpaired) electrons. The molecule has 0 saturated carbocycles. The van der Waals surface area contributed by atoms with Gasteiger partial charge in [-0.15, -0.1) is 0 Å². The first-order valence-electron chi connectivity index (χ1n) is 3.32. The van der Waals surface area contributed by atoms with Gasteiger partial charge in [0.05, 0.1) is 13.2 Å². The molecule has 0 rings (SSSR count). The first-order chi connectivity index (χ1) is 5.02. The molecule has 0 atom stereocenters. The Morgan fingerprint density at radius 1 is 1.09 bits per heavy atom. The van der Waals surface area contributed by atoms with Crippen LogP contribution in [0.25, 0.3) is 0 Å². The van der Waals surface area contributed by atoms with Crippen LogP contribution in [-0.4, -0.2) is 33.9 Å². The second-order valence-corrected chi connectivity index (χ2v) is 3.48. The summed E-state index contributed by atoms with van der Waals surface area (Å²) in [7, 11) is -4.00. The molecule has 3 N–H and O–H groups in total. The van der Waals surface area contributed by atoms with E-state index in [1.54, 1.807) is 13.8 Å². The molecule has 0 aliphatic carbocycles. The van der Waals surface area contributed by atoms with Crippen LogP contribution in [0.3, 0.4) is 0 Å². The fraction of sp³-hybridized carbons (Fsp3) is 1.00. The number of ether oxygens (including phenoxy) is 2. The first kappa shape index (κ1) is 11.2. The number of rotatable bonds is 5. The van der Waals surface area contributed by atoms with E-state index in [-0.39, 0.29) is 13.2 Å². The fourth-order valence-corrected chi connectivity index (χ4v) is 1.23. The molecular weight excluding hydrogens is 171 g/mol. The van der Waals surface area contributed by atoms with E-state index in [0.29, 0.717) is 0 Å². The van der Waals surface area contributed by atoms with E-state index in [2.05, 4.69) is 0 Å². The van der Waals surface area contributed by atoms with Gasteiger partial charge < -0.3 is 9.47 Å². The highest BCUT2D eigenvalue weighted by Crippen LogP contribution is 2.51. The zero-order valence-electron chi connectivity index (χ0n) is 6.60. The summed E-state index contributed by atoms with van der Waals surface area (Å²) in [6.07, 6.45) is 0. The van der Waals surface area contributed by atoms with Gasteiger partial charge >= 0.3 is 14.0 Å². The smallest absolute Gasteiger partial charge is 0.315 e. The van der Waals surface area contributed by atoms with Gasteiger partial charge in [0, 0.05) is 0 Å². The highest BCUT2D eigenvalue weighted by atomic mass is 31.2. The lowest BCUT2D eigenvalue weighted by atomic mass is 10.9. The van der Waals surface area contributed by atoms with Gasteiger partial charge in [0.2, 0.25) is 0 Å². The van der Waals surface area contributed by atoms with Gasteiger partial charge in [0.1, 0.15) is 0 Å². The Bertz CT molecular complexity index is 95.5. The van der Waals surface area contributed by atoms with Crippen LogP contribution in [0, 0.1) is 0 Å². The van der Waals surface area contributed by atoms with Crippen LogP contribution in [0.4, 0.5) is 0 Å². The largest absolute Gasteiger partial charge is 0.465 e. The van der Waals surface area contributed by atoms with Crippen LogP contribution < -0.4 is 0 Å². The van der Waals surface area contributed by atoms with Crippen molar-refractivity contribution in [3.63, 3.8) is 0 Å². The lowest BCUT2D eigenvalue weighted by Crippen LogP contribution is -2.20. The van der Waals surface area contributed by atoms with Crippen molar-refractivity contribution in [2.75, 3.05) is 13.2 Å². The monoisotopic (exact) mass is 185 g/mol. The average molecular weight is 185 g/mol. The van der Waals surface area contributed by atoms with E-state index >= 15 is 0 Å². The topological polar surface area (TPSA) is 79.2 Å². The zero-order chi connectivity index (χ0) is 8.91. The summed E-state index contributed by atoms with van der Waals surface area (Å²) < 4.78 is 9.45. The average Bonchev–Trinajstić information content (AvgIpc) is 1.85. The number of hydrogen-bond acceptors (Lipinski definition) is 5. The van der Waals surface area contributed by atoms with Gasteiger partial charge in [0.25, 0.3) is 0 Å². The summed E-state index contributed by atoms with van der Waals surface area (Å²) in [5.41, 5.74) is 0. The summed E-state index contributed by atoms with van der Waals surface area (Å²) in [6.45, 7) is 3.85. The summed E-state index contributed by atoms with van der Waals surface area (Å²) in [6, 6.07) is -1.29. The molecule has 0 spiro atoms. The van der Waals surface area contributed by atoms with Crippen molar-refractivity contribution >= 4 is 7.94 Å². The van der Waals surface area contributed by atoms with Crippen LogP contribution in [0.2, 0.25) is 0 Å². The quantitative estimate of drug-likeness (QED) is 0.417. The molecule has 5 nitrogen and oxygen atoms in total. The third-order valence-electron chi connectivity index (χ3n) is 0.901. The summed E-state index contributed by atoms with van der Waals surface area (Å²) in [5.74, 6) is 0. The van der Waals surface area contributed by atoms with E-state index in [4.69, 9.17) is 24.2 Å². The van der Waals surface area contributed by atoms with Crippen molar-refractivity contribution < 1.29 is 24.2 Å². The Balaban J connectivity index is 3.88. The molecule has 11 heavy (non-hydrogen) atoms. The van der Waals surface area contributed by atoms with Gasteiger partial charge in [-0.2, -0.15) is 14.7 Å². The van der Waals surface area contributed by atoms with E-state index < -0.39 is 14.0 Å². The van der Waals surface area contributed by atoms with E-state index in [1.807, 2.05) is 0 Å². The van der Waals surface area contributed by atoms with Crippen LogP contribution in [0.5, 0.6) is 0 Å². The molecule has 0 amide bonds. The summed E-state index contributed by atoms with van der Waals surface area (Å²) in [4.78, 5) is 26.1. The third kappa shape index (κ3) is 4.63. The molecule has 0 aromatic heterocycles. The maximum Gasteiger partial charge on any atom is 0.465 e. The Morgan fingerprint density at radius 3 is 1.64 bits per heavy atom.